The molecule has 6 nitrogen and oxygen atoms in total. The minimum absolute atomic E-state index is 0.0657. The van der Waals surface area contributed by atoms with Crippen molar-refractivity contribution in [3.63, 3.8) is 0 Å². The topological polar surface area (TPSA) is 58.4 Å². The van der Waals surface area contributed by atoms with Gasteiger partial charge in [-0.15, -0.1) is 0 Å². The smallest absolute Gasteiger partial charge is 0.257 e. The van der Waals surface area contributed by atoms with E-state index in [2.05, 4.69) is 13.8 Å². The first kappa shape index (κ1) is 18.7. The number of rotatable bonds is 4. The fourth-order valence-corrected chi connectivity index (χ4v) is 3.99. The maximum Gasteiger partial charge on any atom is 0.257 e. The normalized spacial score (nSPS) is 17.3. The summed E-state index contributed by atoms with van der Waals surface area (Å²) < 4.78 is 1.97. The van der Waals surface area contributed by atoms with Crippen LogP contribution in [0.1, 0.15) is 67.2 Å². The van der Waals surface area contributed by atoms with Crippen molar-refractivity contribution in [3.05, 3.63) is 47.3 Å². The number of carbonyl (C=O) groups is 2. The molecule has 0 N–H and O–H groups in total. The fraction of sp³-hybridized carbons (Fsp3) is 0.500. The number of aromatic nitrogens is 2. The van der Waals surface area contributed by atoms with Crippen molar-refractivity contribution in [1.29, 1.82) is 0 Å². The van der Waals surface area contributed by atoms with E-state index in [9.17, 15) is 9.59 Å². The molecule has 148 valence electrons. The number of benzene rings is 1. The molecule has 2 heterocycles. The van der Waals surface area contributed by atoms with Crippen molar-refractivity contribution < 1.29 is 9.59 Å². The van der Waals surface area contributed by atoms with E-state index in [-0.39, 0.29) is 17.7 Å². The summed E-state index contributed by atoms with van der Waals surface area (Å²) in [5.41, 5.74) is 3.73. The number of nitrogens with zero attached hydrogens (tertiary/aromatic N) is 4. The Kier molecular flexibility index (Phi) is 4.96. The van der Waals surface area contributed by atoms with Gasteiger partial charge in [0.15, 0.2) is 0 Å². The minimum Gasteiger partial charge on any atom is -0.339 e. The van der Waals surface area contributed by atoms with Gasteiger partial charge in [0.25, 0.3) is 5.91 Å². The van der Waals surface area contributed by atoms with E-state index < -0.39 is 0 Å². The number of piperazine rings is 1. The van der Waals surface area contributed by atoms with Crippen LogP contribution in [-0.2, 0) is 4.79 Å². The van der Waals surface area contributed by atoms with E-state index in [0.717, 1.165) is 35.5 Å². The highest BCUT2D eigenvalue weighted by Gasteiger charge is 2.37. The first-order valence-electron chi connectivity index (χ1n) is 10.2. The maximum atomic E-state index is 13.6. The molecular weight excluding hydrogens is 352 g/mol. The average molecular weight is 380 g/mol. The Morgan fingerprint density at radius 2 is 1.61 bits per heavy atom. The van der Waals surface area contributed by atoms with Gasteiger partial charge >= 0.3 is 0 Å². The van der Waals surface area contributed by atoms with Crippen molar-refractivity contribution in [2.45, 2.75) is 45.4 Å². The lowest BCUT2D eigenvalue weighted by molar-refractivity contribution is -0.130. The number of hydrogen-bond donors (Lipinski definition) is 0. The van der Waals surface area contributed by atoms with Gasteiger partial charge in [0.1, 0.15) is 0 Å². The third kappa shape index (κ3) is 3.43. The Balaban J connectivity index is 1.72. The molecule has 2 aliphatic rings. The monoisotopic (exact) mass is 380 g/mol. The Labute approximate surface area is 166 Å². The summed E-state index contributed by atoms with van der Waals surface area (Å²) in [5, 5.41) is 4.93. The van der Waals surface area contributed by atoms with Gasteiger partial charge in [0.2, 0.25) is 5.91 Å². The van der Waals surface area contributed by atoms with Crippen LogP contribution in [0.25, 0.3) is 5.69 Å². The molecule has 0 bridgehead atoms. The van der Waals surface area contributed by atoms with Crippen LogP contribution in [0, 0.1) is 0 Å². The predicted molar refractivity (Wildman–Crippen MR) is 108 cm³/mol. The molecular formula is C22H28N4O2. The SMILES string of the molecule is CC(=O)N1CCN(C(=O)c2c(C3CC3)nn(-c3ccccc3)c2C(C)C)CC1. The molecule has 0 unspecified atom stereocenters. The second kappa shape index (κ2) is 7.41. The van der Waals surface area contributed by atoms with Crippen molar-refractivity contribution >= 4 is 11.8 Å². The lowest BCUT2D eigenvalue weighted by atomic mass is 10.00. The van der Waals surface area contributed by atoms with E-state index in [0.29, 0.717) is 32.1 Å². The molecule has 1 saturated carbocycles. The summed E-state index contributed by atoms with van der Waals surface area (Å²) in [6, 6.07) is 10.1. The summed E-state index contributed by atoms with van der Waals surface area (Å²) in [6.45, 7) is 8.19. The molecule has 1 aromatic carbocycles. The number of hydrogen-bond acceptors (Lipinski definition) is 3. The van der Waals surface area contributed by atoms with Crippen LogP contribution >= 0.6 is 0 Å². The van der Waals surface area contributed by atoms with Gasteiger partial charge in [-0.3, -0.25) is 9.59 Å². The predicted octanol–water partition coefficient (Wildman–Crippen LogP) is 3.18. The van der Waals surface area contributed by atoms with Crippen LogP contribution < -0.4 is 0 Å². The Morgan fingerprint density at radius 3 is 2.14 bits per heavy atom. The Morgan fingerprint density at radius 1 is 1.00 bits per heavy atom. The van der Waals surface area contributed by atoms with Crippen molar-refractivity contribution in [2.75, 3.05) is 26.2 Å². The molecule has 1 aromatic heterocycles. The van der Waals surface area contributed by atoms with E-state index >= 15 is 0 Å². The summed E-state index contributed by atoms with van der Waals surface area (Å²) in [5.74, 6) is 0.708. The summed E-state index contributed by atoms with van der Waals surface area (Å²) in [4.78, 5) is 28.9. The number of carbonyl (C=O) groups excluding carboxylic acids is 2. The molecule has 0 radical (unpaired) electrons. The van der Waals surface area contributed by atoms with Crippen LogP contribution in [0.15, 0.2) is 30.3 Å². The molecule has 1 aliphatic carbocycles. The zero-order chi connectivity index (χ0) is 19.8. The van der Waals surface area contributed by atoms with Crippen molar-refractivity contribution in [3.8, 4) is 5.69 Å². The number of amides is 2. The van der Waals surface area contributed by atoms with Crippen LogP contribution in [0.5, 0.6) is 0 Å². The maximum absolute atomic E-state index is 13.6. The van der Waals surface area contributed by atoms with E-state index in [4.69, 9.17) is 5.10 Å². The van der Waals surface area contributed by atoms with E-state index in [1.165, 1.54) is 0 Å². The van der Waals surface area contributed by atoms with Gasteiger partial charge in [-0.1, -0.05) is 32.0 Å². The highest BCUT2D eigenvalue weighted by molar-refractivity contribution is 5.97. The van der Waals surface area contributed by atoms with Gasteiger partial charge in [-0.25, -0.2) is 4.68 Å². The third-order valence-corrected chi connectivity index (χ3v) is 5.69. The number of para-hydroxylation sites is 1. The summed E-state index contributed by atoms with van der Waals surface area (Å²) >= 11 is 0. The summed E-state index contributed by atoms with van der Waals surface area (Å²) in [7, 11) is 0. The van der Waals surface area contributed by atoms with Crippen LogP contribution in [0.2, 0.25) is 0 Å². The molecule has 2 amide bonds. The molecule has 28 heavy (non-hydrogen) atoms. The van der Waals surface area contributed by atoms with Crippen molar-refractivity contribution in [2.24, 2.45) is 0 Å². The lowest BCUT2D eigenvalue weighted by Gasteiger charge is -2.34. The first-order valence-corrected chi connectivity index (χ1v) is 10.2. The first-order chi connectivity index (χ1) is 13.5. The molecule has 4 rings (SSSR count). The van der Waals surface area contributed by atoms with Crippen LogP contribution in [0.3, 0.4) is 0 Å². The quantitative estimate of drug-likeness (QED) is 0.819. The van der Waals surface area contributed by atoms with Crippen molar-refractivity contribution in [1.82, 2.24) is 19.6 Å². The zero-order valence-corrected chi connectivity index (χ0v) is 16.9. The summed E-state index contributed by atoms with van der Waals surface area (Å²) in [6.07, 6.45) is 2.20. The van der Waals surface area contributed by atoms with E-state index in [1.54, 1.807) is 6.92 Å². The molecule has 0 spiro atoms. The Hall–Kier alpha value is -2.63. The standard InChI is InChI=1S/C22H28N4O2/c1-15(2)21-19(22(28)25-13-11-24(12-14-25)16(3)27)20(17-9-10-17)23-26(21)18-7-5-4-6-8-18/h4-8,15,17H,9-14H2,1-3H3. The second-order valence-corrected chi connectivity index (χ2v) is 8.12. The highest BCUT2D eigenvalue weighted by atomic mass is 16.2. The molecule has 1 saturated heterocycles. The van der Waals surface area contributed by atoms with Gasteiger partial charge in [0, 0.05) is 39.0 Å². The largest absolute Gasteiger partial charge is 0.339 e. The third-order valence-electron chi connectivity index (χ3n) is 5.69. The fourth-order valence-electron chi connectivity index (χ4n) is 3.99. The van der Waals surface area contributed by atoms with Gasteiger partial charge in [-0.2, -0.15) is 5.10 Å². The minimum atomic E-state index is 0.0657. The molecule has 6 heteroatoms. The van der Waals surface area contributed by atoms with Gasteiger partial charge < -0.3 is 9.80 Å². The second-order valence-electron chi connectivity index (χ2n) is 8.12. The van der Waals surface area contributed by atoms with Gasteiger partial charge in [-0.05, 0) is 30.9 Å². The Bertz CT molecular complexity index is 875. The van der Waals surface area contributed by atoms with Crippen LogP contribution in [-0.4, -0.2) is 57.6 Å². The molecule has 2 fully saturated rings. The molecule has 1 aliphatic heterocycles. The molecule has 2 aromatic rings. The van der Waals surface area contributed by atoms with Gasteiger partial charge in [0.05, 0.1) is 22.6 Å². The van der Waals surface area contributed by atoms with E-state index in [1.807, 2.05) is 44.8 Å². The highest BCUT2D eigenvalue weighted by Crippen LogP contribution is 2.43. The average Bonchev–Trinajstić information content (AvgIpc) is 3.47. The lowest BCUT2D eigenvalue weighted by Crippen LogP contribution is -2.50. The zero-order valence-electron chi connectivity index (χ0n) is 16.9. The molecule has 0 atom stereocenters. The van der Waals surface area contributed by atoms with Crippen LogP contribution in [0.4, 0.5) is 0 Å².